The Bertz CT molecular complexity index is 985. The molecule has 2 aromatic rings. The lowest BCUT2D eigenvalue weighted by Crippen LogP contribution is -2.37. The highest BCUT2D eigenvalue weighted by atomic mass is 32.2. The number of aryl methyl sites for hydroxylation is 2. The lowest BCUT2D eigenvalue weighted by atomic mass is 10.5. The van der Waals surface area contributed by atoms with Crippen molar-refractivity contribution in [3.8, 4) is 12.3 Å². The first-order valence-electron chi connectivity index (χ1n) is 6.01. The predicted octanol–water partition coefficient (Wildman–Crippen LogP) is -1.23. The molecule has 9 heteroatoms. The number of rotatable bonds is 3. The van der Waals surface area contributed by atoms with Crippen molar-refractivity contribution in [2.24, 2.45) is 21.1 Å². The number of terminal acetylenes is 1. The van der Waals surface area contributed by atoms with Crippen molar-refractivity contribution in [2.45, 2.75) is 11.6 Å². The molecule has 0 N–H and O–H groups in total. The first-order chi connectivity index (χ1) is 9.72. The molecule has 0 radical (unpaired) electrons. The second-order valence-corrected chi connectivity index (χ2v) is 6.61. The van der Waals surface area contributed by atoms with Crippen molar-refractivity contribution in [1.82, 2.24) is 18.7 Å². The van der Waals surface area contributed by atoms with Crippen LogP contribution in [0.2, 0.25) is 0 Å². The number of hydrogen-bond donors (Lipinski definition) is 0. The first kappa shape index (κ1) is 15.1. The third kappa shape index (κ3) is 2.17. The van der Waals surface area contributed by atoms with Crippen molar-refractivity contribution in [3.63, 3.8) is 0 Å². The quantitative estimate of drug-likeness (QED) is 0.661. The van der Waals surface area contributed by atoms with Gasteiger partial charge < -0.3 is 4.57 Å². The Kier molecular flexibility index (Phi) is 3.51. The van der Waals surface area contributed by atoms with Gasteiger partial charge in [0.15, 0.2) is 11.2 Å². The van der Waals surface area contributed by atoms with E-state index in [1.807, 2.05) is 0 Å². The van der Waals surface area contributed by atoms with Gasteiger partial charge in [0.05, 0.1) is 5.75 Å². The molecule has 0 aliphatic heterocycles. The van der Waals surface area contributed by atoms with E-state index in [2.05, 4.69) is 10.9 Å². The van der Waals surface area contributed by atoms with Crippen LogP contribution in [0.4, 0.5) is 0 Å². The number of aromatic nitrogens is 4. The van der Waals surface area contributed by atoms with Gasteiger partial charge in [-0.3, -0.25) is 13.9 Å². The van der Waals surface area contributed by atoms with Gasteiger partial charge in [0.1, 0.15) is 0 Å². The fraction of sp³-hybridized carbons (Fsp3) is 0.417. The van der Waals surface area contributed by atoms with E-state index in [9.17, 15) is 18.0 Å². The molecule has 0 atom stereocenters. The van der Waals surface area contributed by atoms with E-state index in [-0.39, 0.29) is 28.5 Å². The van der Waals surface area contributed by atoms with E-state index < -0.39 is 21.1 Å². The van der Waals surface area contributed by atoms with E-state index in [1.165, 1.54) is 25.7 Å². The molecule has 0 saturated carbocycles. The first-order valence-corrected chi connectivity index (χ1v) is 7.66. The van der Waals surface area contributed by atoms with Crippen molar-refractivity contribution in [2.75, 3.05) is 5.75 Å². The van der Waals surface area contributed by atoms with Crippen LogP contribution in [0.5, 0.6) is 0 Å². The maximum Gasteiger partial charge on any atom is 0.332 e. The molecule has 112 valence electrons. The van der Waals surface area contributed by atoms with Crippen molar-refractivity contribution in [3.05, 3.63) is 20.8 Å². The minimum absolute atomic E-state index is 0.0323. The van der Waals surface area contributed by atoms with Crippen molar-refractivity contribution >= 4 is 21.0 Å². The number of imidazole rings is 1. The maximum atomic E-state index is 12.2. The van der Waals surface area contributed by atoms with Crippen LogP contribution in [0.3, 0.4) is 0 Å². The summed E-state index contributed by atoms with van der Waals surface area (Å²) in [4.78, 5) is 27.9. The Morgan fingerprint density at radius 3 is 2.33 bits per heavy atom. The van der Waals surface area contributed by atoms with E-state index in [0.29, 0.717) is 0 Å². The Morgan fingerprint density at radius 2 is 1.76 bits per heavy atom. The number of nitrogens with zero attached hydrogens (tertiary/aromatic N) is 4. The molecule has 0 amide bonds. The summed E-state index contributed by atoms with van der Waals surface area (Å²) < 4.78 is 27.6. The van der Waals surface area contributed by atoms with Gasteiger partial charge >= 0.3 is 5.69 Å². The van der Waals surface area contributed by atoms with E-state index >= 15 is 0 Å². The fourth-order valence-corrected chi connectivity index (χ4v) is 3.36. The van der Waals surface area contributed by atoms with Crippen LogP contribution in [-0.2, 0) is 31.0 Å². The highest BCUT2D eigenvalue weighted by Crippen LogP contribution is 2.15. The molecule has 2 rings (SSSR count). The zero-order chi connectivity index (χ0) is 15.9. The van der Waals surface area contributed by atoms with Gasteiger partial charge in [-0.2, -0.15) is 4.98 Å². The van der Waals surface area contributed by atoms with Gasteiger partial charge in [-0.25, -0.2) is 13.2 Å². The third-order valence-corrected chi connectivity index (χ3v) is 4.89. The van der Waals surface area contributed by atoms with Crippen LogP contribution in [0, 0.1) is 12.3 Å². The van der Waals surface area contributed by atoms with Gasteiger partial charge in [0.2, 0.25) is 15.0 Å². The molecular formula is C12H14N4O4S. The monoisotopic (exact) mass is 310 g/mol. The summed E-state index contributed by atoms with van der Waals surface area (Å²) in [6.45, 7) is 0. The largest absolute Gasteiger partial charge is 0.332 e. The standard InChI is InChI=1S/C12H14N4O4S/c1-5-6-7-21(19,20)11-13-9-8(14(11)2)10(17)16(4)12(18)15(9)3/h1H,6-7H2,2-4H3. The second-order valence-electron chi connectivity index (χ2n) is 4.60. The smallest absolute Gasteiger partial charge is 0.312 e. The van der Waals surface area contributed by atoms with Crippen LogP contribution >= 0.6 is 0 Å². The number of hydrogen-bond acceptors (Lipinski definition) is 5. The minimum atomic E-state index is -3.73. The Hall–Kier alpha value is -2.34. The van der Waals surface area contributed by atoms with E-state index in [0.717, 1.165) is 9.13 Å². The Morgan fingerprint density at radius 1 is 1.14 bits per heavy atom. The van der Waals surface area contributed by atoms with Crippen molar-refractivity contribution in [1.29, 1.82) is 0 Å². The summed E-state index contributed by atoms with van der Waals surface area (Å²) in [5, 5.41) is -0.272. The van der Waals surface area contributed by atoms with E-state index in [1.54, 1.807) is 0 Å². The predicted molar refractivity (Wildman–Crippen MR) is 76.7 cm³/mol. The summed E-state index contributed by atoms with van der Waals surface area (Å²) in [6, 6.07) is 0. The maximum absolute atomic E-state index is 12.2. The summed E-state index contributed by atoms with van der Waals surface area (Å²) in [7, 11) is 0.441. The van der Waals surface area contributed by atoms with Gasteiger partial charge in [0, 0.05) is 27.6 Å². The second kappa shape index (κ2) is 4.89. The molecule has 0 spiro atoms. The summed E-state index contributed by atoms with van der Waals surface area (Å²) in [5.41, 5.74) is -1.08. The van der Waals surface area contributed by atoms with Crippen LogP contribution in [0.1, 0.15) is 6.42 Å². The molecule has 0 aromatic carbocycles. The van der Waals surface area contributed by atoms with Crippen LogP contribution in [-0.4, -0.2) is 32.9 Å². The normalized spacial score (nSPS) is 11.7. The third-order valence-electron chi connectivity index (χ3n) is 3.23. The fourth-order valence-electron chi connectivity index (χ4n) is 2.06. The molecule has 2 aromatic heterocycles. The number of fused-ring (bicyclic) bond motifs is 1. The average Bonchev–Trinajstić information content (AvgIpc) is 2.79. The van der Waals surface area contributed by atoms with Gasteiger partial charge in [0.25, 0.3) is 5.56 Å². The zero-order valence-electron chi connectivity index (χ0n) is 11.8. The Labute approximate surface area is 120 Å². The molecule has 0 saturated heterocycles. The highest BCUT2D eigenvalue weighted by molar-refractivity contribution is 7.91. The number of sulfone groups is 1. The van der Waals surface area contributed by atoms with Gasteiger partial charge in [-0.05, 0) is 0 Å². The Balaban J connectivity index is 2.89. The van der Waals surface area contributed by atoms with Gasteiger partial charge in [-0.1, -0.05) is 0 Å². The molecule has 21 heavy (non-hydrogen) atoms. The molecule has 0 fully saturated rings. The molecule has 0 bridgehead atoms. The average molecular weight is 310 g/mol. The molecular weight excluding hydrogens is 296 g/mol. The lowest BCUT2D eigenvalue weighted by molar-refractivity contribution is 0.580. The van der Waals surface area contributed by atoms with Crippen LogP contribution < -0.4 is 11.2 Å². The molecule has 2 heterocycles. The molecule has 0 aliphatic carbocycles. The molecule has 0 aliphatic rings. The van der Waals surface area contributed by atoms with Crippen molar-refractivity contribution < 1.29 is 8.42 Å². The summed E-state index contributed by atoms with van der Waals surface area (Å²) in [5.74, 6) is 1.98. The van der Waals surface area contributed by atoms with Crippen LogP contribution in [0.25, 0.3) is 11.2 Å². The topological polar surface area (TPSA) is 96.0 Å². The van der Waals surface area contributed by atoms with E-state index in [4.69, 9.17) is 6.42 Å². The molecule has 8 nitrogen and oxygen atoms in total. The summed E-state index contributed by atoms with van der Waals surface area (Å²) in [6.07, 6.45) is 5.12. The summed E-state index contributed by atoms with van der Waals surface area (Å²) >= 11 is 0. The zero-order valence-corrected chi connectivity index (χ0v) is 12.6. The van der Waals surface area contributed by atoms with Crippen LogP contribution in [0.15, 0.2) is 14.7 Å². The lowest BCUT2D eigenvalue weighted by Gasteiger charge is -2.03. The minimum Gasteiger partial charge on any atom is -0.312 e. The van der Waals surface area contributed by atoms with Gasteiger partial charge in [-0.15, -0.1) is 12.3 Å². The molecule has 0 unspecified atom stereocenters. The highest BCUT2D eigenvalue weighted by Gasteiger charge is 2.25. The SMILES string of the molecule is C#CCCS(=O)(=O)c1nc2c(c(=O)n(C)c(=O)n2C)n1C.